The van der Waals surface area contributed by atoms with E-state index in [-0.39, 0.29) is 5.56 Å². The number of hydrogen-bond acceptors (Lipinski definition) is 4. The third kappa shape index (κ3) is 3.24. The van der Waals surface area contributed by atoms with Crippen LogP contribution in [-0.4, -0.2) is 22.7 Å². The molecule has 0 saturated heterocycles. The standard InChI is InChI=1S/C8H7N3.C7H7NO2/c9-7-5-3-1-2-4-6(5)8(10)11-7;8-6-3-1-5(2-4-6)7(9)10/h1-4H,(H3,9,10,11);1-4H,8H2,(H,9,10). The topological polar surface area (TPSA) is 123 Å². The van der Waals surface area contributed by atoms with Gasteiger partial charge >= 0.3 is 5.97 Å². The van der Waals surface area contributed by atoms with Crippen molar-refractivity contribution < 1.29 is 9.90 Å². The SMILES string of the molecule is N=C1NC(=N)c2ccccc21.Nc1ccc(C(=O)O)cc1. The molecule has 0 unspecified atom stereocenters. The van der Waals surface area contributed by atoms with Gasteiger partial charge in [0.05, 0.1) is 5.56 Å². The number of carboxylic acids is 1. The number of hydrogen-bond donors (Lipinski definition) is 5. The fraction of sp³-hybridized carbons (Fsp3) is 0. The van der Waals surface area contributed by atoms with Gasteiger partial charge in [-0.2, -0.15) is 0 Å². The highest BCUT2D eigenvalue weighted by atomic mass is 16.4. The van der Waals surface area contributed by atoms with Crippen LogP contribution in [0.2, 0.25) is 0 Å². The third-order valence-corrected chi connectivity index (χ3v) is 2.87. The smallest absolute Gasteiger partial charge is 0.335 e. The van der Waals surface area contributed by atoms with Crippen LogP contribution in [0.4, 0.5) is 5.69 Å². The Kier molecular flexibility index (Phi) is 3.99. The molecule has 2 aromatic carbocycles. The lowest BCUT2D eigenvalue weighted by Gasteiger charge is -1.93. The summed E-state index contributed by atoms with van der Waals surface area (Å²) >= 11 is 0. The Labute approximate surface area is 121 Å². The van der Waals surface area contributed by atoms with E-state index in [1.165, 1.54) is 12.1 Å². The van der Waals surface area contributed by atoms with Gasteiger partial charge in [-0.05, 0) is 24.3 Å². The van der Waals surface area contributed by atoms with Gasteiger partial charge in [0, 0.05) is 16.8 Å². The van der Waals surface area contributed by atoms with Gasteiger partial charge in [-0.25, -0.2) is 4.79 Å². The summed E-state index contributed by atoms with van der Waals surface area (Å²) in [5, 5.41) is 25.9. The summed E-state index contributed by atoms with van der Waals surface area (Å²) in [6.07, 6.45) is 0. The van der Waals surface area contributed by atoms with Gasteiger partial charge in [0.2, 0.25) is 0 Å². The molecule has 3 rings (SSSR count). The van der Waals surface area contributed by atoms with Crippen molar-refractivity contribution in [3.05, 3.63) is 65.2 Å². The largest absolute Gasteiger partial charge is 0.478 e. The minimum Gasteiger partial charge on any atom is -0.478 e. The van der Waals surface area contributed by atoms with Crippen LogP contribution >= 0.6 is 0 Å². The van der Waals surface area contributed by atoms with E-state index >= 15 is 0 Å². The van der Waals surface area contributed by atoms with Gasteiger partial charge in [0.25, 0.3) is 0 Å². The Hall–Kier alpha value is -3.15. The number of anilines is 1. The lowest BCUT2D eigenvalue weighted by atomic mass is 10.1. The predicted octanol–water partition coefficient (Wildman–Crippen LogP) is 1.91. The monoisotopic (exact) mass is 282 g/mol. The first-order chi connectivity index (χ1) is 9.99. The molecule has 0 spiro atoms. The number of benzene rings is 2. The van der Waals surface area contributed by atoms with E-state index in [2.05, 4.69) is 5.32 Å². The quantitative estimate of drug-likeness (QED) is 0.512. The van der Waals surface area contributed by atoms with Crippen molar-refractivity contribution in [2.24, 2.45) is 0 Å². The molecule has 0 aliphatic carbocycles. The van der Waals surface area contributed by atoms with Crippen molar-refractivity contribution in [2.45, 2.75) is 0 Å². The minimum atomic E-state index is -0.931. The maximum atomic E-state index is 10.3. The van der Waals surface area contributed by atoms with Crippen molar-refractivity contribution >= 4 is 23.3 Å². The summed E-state index contributed by atoms with van der Waals surface area (Å²) in [5.74, 6) is -0.281. The molecular formula is C15H14N4O2. The molecule has 0 atom stereocenters. The summed E-state index contributed by atoms with van der Waals surface area (Å²) in [6, 6.07) is 13.5. The fourth-order valence-corrected chi connectivity index (χ4v) is 1.80. The maximum Gasteiger partial charge on any atom is 0.335 e. The van der Waals surface area contributed by atoms with Crippen molar-refractivity contribution in [1.29, 1.82) is 10.8 Å². The summed E-state index contributed by atoms with van der Waals surface area (Å²) in [5.41, 5.74) is 7.80. The lowest BCUT2D eigenvalue weighted by molar-refractivity contribution is 0.0697. The normalized spacial score (nSPS) is 12.0. The van der Waals surface area contributed by atoms with Crippen LogP contribution in [0.3, 0.4) is 0 Å². The second kappa shape index (κ2) is 5.87. The molecule has 0 aromatic heterocycles. The Bertz CT molecular complexity index is 675. The van der Waals surface area contributed by atoms with Crippen LogP contribution < -0.4 is 11.1 Å². The van der Waals surface area contributed by atoms with Crippen molar-refractivity contribution in [3.63, 3.8) is 0 Å². The average Bonchev–Trinajstić information content (AvgIpc) is 2.76. The van der Waals surface area contributed by atoms with Gasteiger partial charge in [0.15, 0.2) is 0 Å². The molecule has 0 radical (unpaired) electrons. The average molecular weight is 282 g/mol. The lowest BCUT2D eigenvalue weighted by Crippen LogP contribution is -2.19. The Morgan fingerprint density at radius 2 is 1.43 bits per heavy atom. The summed E-state index contributed by atoms with van der Waals surface area (Å²) in [6.45, 7) is 0. The molecule has 1 aliphatic heterocycles. The van der Waals surface area contributed by atoms with E-state index in [1.807, 2.05) is 24.3 Å². The van der Waals surface area contributed by atoms with Crippen LogP contribution in [0.25, 0.3) is 0 Å². The first-order valence-corrected chi connectivity index (χ1v) is 6.12. The van der Waals surface area contributed by atoms with Gasteiger partial charge < -0.3 is 16.2 Å². The van der Waals surface area contributed by atoms with E-state index in [1.54, 1.807) is 12.1 Å². The van der Waals surface area contributed by atoms with Crippen molar-refractivity contribution in [1.82, 2.24) is 5.32 Å². The van der Waals surface area contributed by atoms with Gasteiger partial charge in [-0.3, -0.25) is 10.8 Å². The molecule has 1 aliphatic rings. The molecule has 6 N–H and O–H groups in total. The number of nitrogens with two attached hydrogens (primary N) is 1. The summed E-state index contributed by atoms with van der Waals surface area (Å²) in [4.78, 5) is 10.3. The Morgan fingerprint density at radius 1 is 0.952 bits per heavy atom. The zero-order chi connectivity index (χ0) is 15.4. The van der Waals surface area contributed by atoms with Crippen LogP contribution in [0, 0.1) is 10.8 Å². The van der Waals surface area contributed by atoms with Crippen LogP contribution in [0.5, 0.6) is 0 Å². The predicted molar refractivity (Wildman–Crippen MR) is 81.0 cm³/mol. The molecule has 0 saturated carbocycles. The number of carboxylic acid groups (broad SMARTS) is 1. The van der Waals surface area contributed by atoms with Gasteiger partial charge in [0.1, 0.15) is 11.7 Å². The number of aromatic carboxylic acids is 1. The molecule has 21 heavy (non-hydrogen) atoms. The van der Waals surface area contributed by atoms with E-state index in [4.69, 9.17) is 21.7 Å². The van der Waals surface area contributed by atoms with E-state index < -0.39 is 5.97 Å². The van der Waals surface area contributed by atoms with Crippen LogP contribution in [-0.2, 0) is 0 Å². The number of nitrogens with one attached hydrogen (secondary N) is 3. The highest BCUT2D eigenvalue weighted by Crippen LogP contribution is 2.13. The second-order valence-corrected chi connectivity index (χ2v) is 4.35. The Morgan fingerprint density at radius 3 is 1.86 bits per heavy atom. The number of rotatable bonds is 1. The fourth-order valence-electron chi connectivity index (χ4n) is 1.80. The van der Waals surface area contributed by atoms with E-state index in [0.717, 1.165) is 11.1 Å². The minimum absolute atomic E-state index is 0.259. The highest BCUT2D eigenvalue weighted by Gasteiger charge is 2.18. The molecule has 6 nitrogen and oxygen atoms in total. The maximum absolute atomic E-state index is 10.3. The van der Waals surface area contributed by atoms with Crippen molar-refractivity contribution in [2.75, 3.05) is 5.73 Å². The zero-order valence-corrected chi connectivity index (χ0v) is 11.1. The summed E-state index contributed by atoms with van der Waals surface area (Å²) in [7, 11) is 0. The Balaban J connectivity index is 0.000000155. The first kappa shape index (κ1) is 14.3. The van der Waals surface area contributed by atoms with Crippen LogP contribution in [0.15, 0.2) is 48.5 Å². The first-order valence-electron chi connectivity index (χ1n) is 6.12. The molecule has 0 amide bonds. The van der Waals surface area contributed by atoms with E-state index in [9.17, 15) is 4.79 Å². The number of amidine groups is 2. The van der Waals surface area contributed by atoms with Crippen LogP contribution in [0.1, 0.15) is 21.5 Å². The second-order valence-electron chi connectivity index (χ2n) is 4.35. The number of carbonyl (C=O) groups is 1. The van der Waals surface area contributed by atoms with Gasteiger partial charge in [-0.15, -0.1) is 0 Å². The number of fused-ring (bicyclic) bond motifs is 1. The van der Waals surface area contributed by atoms with Crippen molar-refractivity contribution in [3.8, 4) is 0 Å². The molecular weight excluding hydrogens is 268 g/mol. The highest BCUT2D eigenvalue weighted by molar-refractivity contribution is 6.23. The zero-order valence-electron chi connectivity index (χ0n) is 11.1. The molecule has 2 aromatic rings. The molecule has 0 bridgehead atoms. The molecule has 106 valence electrons. The van der Waals surface area contributed by atoms with Gasteiger partial charge in [-0.1, -0.05) is 24.3 Å². The third-order valence-electron chi connectivity index (χ3n) is 2.87. The molecule has 6 heteroatoms. The molecule has 0 fully saturated rings. The number of nitrogen functional groups attached to an aromatic ring is 1. The molecule has 1 heterocycles. The summed E-state index contributed by atoms with van der Waals surface area (Å²) < 4.78 is 0. The van der Waals surface area contributed by atoms with E-state index in [0.29, 0.717) is 17.4 Å².